The summed E-state index contributed by atoms with van der Waals surface area (Å²) >= 11 is 0. The highest BCUT2D eigenvalue weighted by Crippen LogP contribution is 2.33. The molecule has 0 aliphatic heterocycles. The summed E-state index contributed by atoms with van der Waals surface area (Å²) in [5, 5.41) is 4.89. The van der Waals surface area contributed by atoms with Gasteiger partial charge < -0.3 is 4.98 Å². The summed E-state index contributed by atoms with van der Waals surface area (Å²) in [4.78, 5) is 17.3. The van der Waals surface area contributed by atoms with Crippen LogP contribution in [0.2, 0.25) is 0 Å². The van der Waals surface area contributed by atoms with Gasteiger partial charge in [-0.3, -0.25) is 0 Å². The van der Waals surface area contributed by atoms with E-state index in [1.54, 1.807) is 6.33 Å². The van der Waals surface area contributed by atoms with Gasteiger partial charge in [0.15, 0.2) is 17.1 Å². The summed E-state index contributed by atoms with van der Waals surface area (Å²) in [5.74, 6) is 2.12. The van der Waals surface area contributed by atoms with E-state index in [1.807, 2.05) is 10.6 Å². The Morgan fingerprint density at radius 3 is 2.33 bits per heavy atom. The molecular weight excluding hydrogens is 372 g/mol. The van der Waals surface area contributed by atoms with Crippen molar-refractivity contribution in [2.45, 2.75) is 38.0 Å². The molecule has 1 N–H and O–H groups in total. The van der Waals surface area contributed by atoms with Crippen LogP contribution in [0.25, 0.3) is 39.3 Å². The van der Waals surface area contributed by atoms with Gasteiger partial charge >= 0.3 is 0 Å². The van der Waals surface area contributed by atoms with Crippen LogP contribution in [-0.4, -0.2) is 29.5 Å². The number of rotatable bonds is 3. The SMILES string of the molecule is c1ccc(-c2ccc(-c3nc4c5[nH]cnc5nc(C5CCCCC5)n4n3)cc2)cc1. The van der Waals surface area contributed by atoms with Crippen LogP contribution in [0, 0.1) is 0 Å². The second-order valence-corrected chi connectivity index (χ2v) is 8.02. The summed E-state index contributed by atoms with van der Waals surface area (Å²) in [5.41, 5.74) is 5.76. The Hall–Kier alpha value is -3.54. The van der Waals surface area contributed by atoms with E-state index in [9.17, 15) is 0 Å². The van der Waals surface area contributed by atoms with Crippen molar-refractivity contribution in [1.29, 1.82) is 0 Å². The summed E-state index contributed by atoms with van der Waals surface area (Å²) in [6.45, 7) is 0. The molecule has 2 aromatic carbocycles. The number of aromatic amines is 1. The van der Waals surface area contributed by atoms with Crippen molar-refractivity contribution in [2.75, 3.05) is 0 Å². The quantitative estimate of drug-likeness (QED) is 0.446. The lowest BCUT2D eigenvalue weighted by Gasteiger charge is -2.21. The van der Waals surface area contributed by atoms with Gasteiger partial charge in [0.2, 0.25) is 0 Å². The fourth-order valence-electron chi connectivity index (χ4n) is 4.52. The molecule has 1 aliphatic rings. The van der Waals surface area contributed by atoms with Crippen LogP contribution < -0.4 is 0 Å². The maximum Gasteiger partial charge on any atom is 0.185 e. The van der Waals surface area contributed by atoms with E-state index in [2.05, 4.69) is 58.5 Å². The van der Waals surface area contributed by atoms with E-state index >= 15 is 0 Å². The van der Waals surface area contributed by atoms with Crippen molar-refractivity contribution in [3.05, 3.63) is 66.7 Å². The standard InChI is InChI=1S/C24H22N6/c1-3-7-16(8-4-1)17-11-13-18(14-12-17)21-27-24-20-22(26-15-25-20)28-23(30(24)29-21)19-9-5-2-6-10-19/h1,3-4,7-8,11-15,19H,2,5-6,9-10H2,(H,25,26). The molecule has 0 saturated heterocycles. The molecule has 5 aromatic rings. The largest absolute Gasteiger partial charge is 0.340 e. The first-order chi connectivity index (χ1) is 14.9. The van der Waals surface area contributed by atoms with Crippen molar-refractivity contribution in [3.63, 3.8) is 0 Å². The highest BCUT2D eigenvalue weighted by atomic mass is 15.3. The first kappa shape index (κ1) is 17.3. The van der Waals surface area contributed by atoms with Crippen molar-refractivity contribution in [2.24, 2.45) is 0 Å². The average molecular weight is 394 g/mol. The fourth-order valence-corrected chi connectivity index (χ4v) is 4.52. The molecule has 0 atom stereocenters. The molecule has 1 fully saturated rings. The number of aromatic nitrogens is 6. The van der Waals surface area contributed by atoms with Crippen molar-refractivity contribution in [1.82, 2.24) is 29.5 Å². The highest BCUT2D eigenvalue weighted by Gasteiger charge is 2.24. The molecular formula is C24H22N6. The van der Waals surface area contributed by atoms with Gasteiger partial charge in [-0.15, -0.1) is 5.10 Å². The number of hydrogen-bond acceptors (Lipinski definition) is 4. The summed E-state index contributed by atoms with van der Waals surface area (Å²) in [7, 11) is 0. The molecule has 0 spiro atoms. The molecule has 0 radical (unpaired) electrons. The Bertz CT molecular complexity index is 1310. The number of hydrogen-bond donors (Lipinski definition) is 1. The second kappa shape index (κ2) is 7.06. The second-order valence-electron chi connectivity index (χ2n) is 8.02. The van der Waals surface area contributed by atoms with Gasteiger partial charge in [0, 0.05) is 11.5 Å². The number of nitrogens with zero attached hydrogens (tertiary/aromatic N) is 5. The van der Waals surface area contributed by atoms with E-state index in [-0.39, 0.29) is 0 Å². The molecule has 0 bridgehead atoms. The molecule has 3 aromatic heterocycles. The van der Waals surface area contributed by atoms with Crippen molar-refractivity contribution in [3.8, 4) is 22.5 Å². The first-order valence-corrected chi connectivity index (χ1v) is 10.6. The van der Waals surface area contributed by atoms with Crippen molar-refractivity contribution >= 4 is 16.8 Å². The van der Waals surface area contributed by atoms with Gasteiger partial charge in [-0.25, -0.2) is 15.0 Å². The Morgan fingerprint density at radius 1 is 0.800 bits per heavy atom. The Kier molecular flexibility index (Phi) is 4.08. The minimum Gasteiger partial charge on any atom is -0.340 e. The number of benzene rings is 2. The van der Waals surface area contributed by atoms with Gasteiger partial charge in [0.1, 0.15) is 11.3 Å². The summed E-state index contributed by atoms with van der Waals surface area (Å²) in [6.07, 6.45) is 7.79. The highest BCUT2D eigenvalue weighted by molar-refractivity contribution is 5.86. The van der Waals surface area contributed by atoms with E-state index in [4.69, 9.17) is 15.1 Å². The maximum absolute atomic E-state index is 4.89. The van der Waals surface area contributed by atoms with Gasteiger partial charge in [0.25, 0.3) is 0 Å². The third-order valence-corrected chi connectivity index (χ3v) is 6.11. The number of H-pyrrole nitrogens is 1. The summed E-state index contributed by atoms with van der Waals surface area (Å²) < 4.78 is 1.94. The molecule has 6 nitrogen and oxygen atoms in total. The molecule has 6 rings (SSSR count). The lowest BCUT2D eigenvalue weighted by Crippen LogP contribution is -2.12. The molecule has 0 amide bonds. The zero-order valence-electron chi connectivity index (χ0n) is 16.6. The number of nitrogens with one attached hydrogen (secondary N) is 1. The van der Waals surface area contributed by atoms with E-state index in [1.165, 1.54) is 30.4 Å². The molecule has 1 saturated carbocycles. The van der Waals surface area contributed by atoms with E-state index in [0.29, 0.717) is 5.92 Å². The molecule has 6 heteroatoms. The normalized spacial score (nSPS) is 15.2. The minimum absolute atomic E-state index is 0.414. The van der Waals surface area contributed by atoms with Crippen LogP contribution in [0.1, 0.15) is 43.8 Å². The Labute approximate surface area is 174 Å². The lowest BCUT2D eigenvalue weighted by atomic mass is 9.88. The average Bonchev–Trinajstić information content (AvgIpc) is 3.47. The monoisotopic (exact) mass is 394 g/mol. The minimum atomic E-state index is 0.414. The van der Waals surface area contributed by atoms with Crippen molar-refractivity contribution < 1.29 is 0 Å². The first-order valence-electron chi connectivity index (χ1n) is 10.6. The van der Waals surface area contributed by atoms with Crippen LogP contribution in [-0.2, 0) is 0 Å². The Balaban J connectivity index is 1.46. The van der Waals surface area contributed by atoms with Gasteiger partial charge in [-0.2, -0.15) is 4.52 Å². The maximum atomic E-state index is 4.89. The molecule has 148 valence electrons. The van der Waals surface area contributed by atoms with Gasteiger partial charge in [-0.1, -0.05) is 73.9 Å². The topological polar surface area (TPSA) is 71.8 Å². The van der Waals surface area contributed by atoms with E-state index in [0.717, 1.165) is 46.9 Å². The van der Waals surface area contributed by atoms with Crippen LogP contribution in [0.5, 0.6) is 0 Å². The van der Waals surface area contributed by atoms with Gasteiger partial charge in [-0.05, 0) is 24.0 Å². The molecule has 3 heterocycles. The lowest BCUT2D eigenvalue weighted by molar-refractivity contribution is 0.423. The number of imidazole rings is 1. The predicted molar refractivity (Wildman–Crippen MR) is 117 cm³/mol. The molecule has 1 aliphatic carbocycles. The van der Waals surface area contributed by atoms with Crippen LogP contribution in [0.15, 0.2) is 60.9 Å². The third-order valence-electron chi connectivity index (χ3n) is 6.11. The van der Waals surface area contributed by atoms with Crippen LogP contribution in [0.4, 0.5) is 0 Å². The van der Waals surface area contributed by atoms with Crippen LogP contribution >= 0.6 is 0 Å². The summed E-state index contributed by atoms with van der Waals surface area (Å²) in [6, 6.07) is 18.8. The van der Waals surface area contributed by atoms with Gasteiger partial charge in [0.05, 0.1) is 6.33 Å². The van der Waals surface area contributed by atoms with Crippen LogP contribution in [0.3, 0.4) is 0 Å². The zero-order valence-corrected chi connectivity index (χ0v) is 16.6. The fraction of sp³-hybridized carbons (Fsp3) is 0.250. The molecule has 0 unspecified atom stereocenters. The zero-order chi connectivity index (χ0) is 19.9. The number of fused-ring (bicyclic) bond motifs is 3. The molecule has 30 heavy (non-hydrogen) atoms. The van der Waals surface area contributed by atoms with E-state index < -0.39 is 0 Å². The smallest absolute Gasteiger partial charge is 0.185 e. The predicted octanol–water partition coefficient (Wildman–Crippen LogP) is 5.38. The third kappa shape index (κ3) is 2.87. The Morgan fingerprint density at radius 2 is 1.53 bits per heavy atom.